The summed E-state index contributed by atoms with van der Waals surface area (Å²) < 4.78 is 12.2. The zero-order valence-electron chi connectivity index (χ0n) is 24.2. The average Bonchev–Trinajstić information content (AvgIpc) is 2.86. The van der Waals surface area contributed by atoms with Gasteiger partial charge in [0.25, 0.3) is 0 Å². The van der Waals surface area contributed by atoms with Crippen molar-refractivity contribution in [2.45, 2.75) is 104 Å². The van der Waals surface area contributed by atoms with E-state index < -0.39 is 6.29 Å². The Morgan fingerprint density at radius 1 is 0.757 bits per heavy atom. The van der Waals surface area contributed by atoms with Crippen LogP contribution in [0.5, 0.6) is 5.75 Å². The maximum atomic E-state index is 12.7. The summed E-state index contributed by atoms with van der Waals surface area (Å²) in [7, 11) is 4.29. The number of quaternary nitrogens is 1. The van der Waals surface area contributed by atoms with E-state index in [9.17, 15) is 4.79 Å². The lowest BCUT2D eigenvalue weighted by Crippen LogP contribution is -2.44. The minimum absolute atomic E-state index is 0.215. The number of aryl methyl sites for hydroxylation is 1. The molecule has 37 heavy (non-hydrogen) atoms. The van der Waals surface area contributed by atoms with Crippen molar-refractivity contribution >= 4 is 5.97 Å². The van der Waals surface area contributed by atoms with Crippen molar-refractivity contribution in [1.82, 2.24) is 0 Å². The molecule has 0 saturated carbocycles. The van der Waals surface area contributed by atoms with Crippen LogP contribution in [0.3, 0.4) is 0 Å². The zero-order chi connectivity index (χ0) is 26.9. The molecule has 0 amide bonds. The van der Waals surface area contributed by atoms with E-state index in [1.54, 1.807) is 6.92 Å². The van der Waals surface area contributed by atoms with Gasteiger partial charge in [-0.2, -0.15) is 0 Å². The third kappa shape index (κ3) is 13.7. The van der Waals surface area contributed by atoms with Crippen molar-refractivity contribution < 1.29 is 18.8 Å². The van der Waals surface area contributed by atoms with Gasteiger partial charge >= 0.3 is 5.97 Å². The van der Waals surface area contributed by atoms with Gasteiger partial charge in [0.15, 0.2) is 0 Å². The molecule has 2 aromatic carbocycles. The fourth-order valence-corrected chi connectivity index (χ4v) is 5.00. The number of hydrogen-bond acceptors (Lipinski definition) is 3. The first-order valence-electron chi connectivity index (χ1n) is 14.6. The Kier molecular flexibility index (Phi) is 14.4. The Balaban J connectivity index is 1.63. The minimum atomic E-state index is -0.618. The summed E-state index contributed by atoms with van der Waals surface area (Å²) in [5, 5.41) is 0. The monoisotopic (exact) mass is 510 g/mol. The van der Waals surface area contributed by atoms with E-state index in [0.29, 0.717) is 6.54 Å². The van der Waals surface area contributed by atoms with Crippen LogP contribution in [0.25, 0.3) is 0 Å². The molecule has 0 fully saturated rings. The highest BCUT2D eigenvalue weighted by Gasteiger charge is 2.27. The van der Waals surface area contributed by atoms with Crippen molar-refractivity contribution in [1.29, 1.82) is 0 Å². The van der Waals surface area contributed by atoms with Gasteiger partial charge in [0, 0.05) is 12.5 Å². The molecule has 2 rings (SSSR count). The molecule has 0 heterocycles. The fraction of sp³-hybridized carbons (Fsp3) is 0.606. The van der Waals surface area contributed by atoms with Crippen LogP contribution >= 0.6 is 0 Å². The Hall–Kier alpha value is -2.33. The van der Waals surface area contributed by atoms with E-state index in [2.05, 4.69) is 57.4 Å². The third-order valence-electron chi connectivity index (χ3n) is 6.95. The van der Waals surface area contributed by atoms with Gasteiger partial charge in [0.1, 0.15) is 18.2 Å². The standard InChI is InChI=1S/C33H52NO3/c1-6-7-8-9-10-11-12-13-14-16-19-30-22-24-32(25-23-30)36-29(3)37-33(35)28(2)26-34(4,5)27-31-20-17-15-18-21-31/h15,17-18,20-25,28-29H,6-14,16,19,26-27H2,1-5H3/q+1. The predicted octanol–water partition coefficient (Wildman–Crippen LogP) is 8.33. The Morgan fingerprint density at radius 3 is 1.92 bits per heavy atom. The number of nitrogens with zero attached hydrogens (tertiary/aromatic N) is 1. The van der Waals surface area contributed by atoms with Gasteiger partial charge < -0.3 is 14.0 Å². The number of rotatable bonds is 19. The van der Waals surface area contributed by atoms with Crippen molar-refractivity contribution in [3.8, 4) is 5.75 Å². The molecular weight excluding hydrogens is 458 g/mol. The van der Waals surface area contributed by atoms with E-state index in [0.717, 1.165) is 23.2 Å². The van der Waals surface area contributed by atoms with Crippen LogP contribution in [0, 0.1) is 5.92 Å². The largest absolute Gasteiger partial charge is 0.455 e. The molecule has 0 bridgehead atoms. The summed E-state index contributed by atoms with van der Waals surface area (Å²) in [5.41, 5.74) is 2.60. The first kappa shape index (κ1) is 30.9. The average molecular weight is 511 g/mol. The van der Waals surface area contributed by atoms with E-state index in [1.165, 1.54) is 75.3 Å². The molecule has 2 atom stereocenters. The molecule has 0 aliphatic rings. The summed E-state index contributed by atoms with van der Waals surface area (Å²) >= 11 is 0. The number of hydrogen-bond donors (Lipinski definition) is 0. The number of carbonyl (C=O) groups excluding carboxylic acids is 1. The van der Waals surface area contributed by atoms with Gasteiger partial charge in [-0.1, -0.05) is 107 Å². The SMILES string of the molecule is CCCCCCCCCCCCc1ccc(OC(C)OC(=O)C(C)C[N+](C)(C)Cc2ccccc2)cc1. The van der Waals surface area contributed by atoms with Gasteiger partial charge in [-0.15, -0.1) is 0 Å². The van der Waals surface area contributed by atoms with Crippen LogP contribution in [0.4, 0.5) is 0 Å². The number of benzene rings is 2. The van der Waals surface area contributed by atoms with Gasteiger partial charge in [-0.05, 0) is 37.5 Å². The molecule has 0 N–H and O–H groups in total. The first-order chi connectivity index (χ1) is 17.8. The van der Waals surface area contributed by atoms with Crippen LogP contribution in [0.15, 0.2) is 54.6 Å². The molecule has 0 radical (unpaired) electrons. The molecule has 0 aliphatic carbocycles. The number of unbranched alkanes of at least 4 members (excludes halogenated alkanes) is 9. The molecule has 2 aromatic rings. The number of ether oxygens (including phenoxy) is 2. The van der Waals surface area contributed by atoms with Crippen LogP contribution in [-0.2, 0) is 22.5 Å². The summed E-state index contributed by atoms with van der Waals surface area (Å²) in [6.07, 6.45) is 14.1. The second-order valence-corrected chi connectivity index (χ2v) is 11.4. The second-order valence-electron chi connectivity index (χ2n) is 11.4. The smallest absolute Gasteiger partial charge is 0.317 e. The summed E-state index contributed by atoms with van der Waals surface area (Å²) in [4.78, 5) is 12.7. The predicted molar refractivity (Wildman–Crippen MR) is 154 cm³/mol. The second kappa shape index (κ2) is 17.2. The van der Waals surface area contributed by atoms with E-state index >= 15 is 0 Å². The summed E-state index contributed by atoms with van der Waals surface area (Å²) in [6.45, 7) is 7.56. The van der Waals surface area contributed by atoms with Crippen molar-refractivity contribution in [2.24, 2.45) is 5.92 Å². The van der Waals surface area contributed by atoms with Crippen LogP contribution < -0.4 is 4.74 Å². The molecule has 4 nitrogen and oxygen atoms in total. The molecule has 4 heteroatoms. The van der Waals surface area contributed by atoms with Crippen molar-refractivity contribution in [2.75, 3.05) is 20.6 Å². The molecule has 0 saturated heterocycles. The number of esters is 1. The molecule has 206 valence electrons. The number of carbonyl (C=O) groups is 1. The highest BCUT2D eigenvalue weighted by atomic mass is 16.7. The van der Waals surface area contributed by atoms with Gasteiger partial charge in [-0.3, -0.25) is 4.79 Å². The Bertz CT molecular complexity index is 863. The summed E-state index contributed by atoms with van der Waals surface area (Å²) in [5.74, 6) is 0.303. The van der Waals surface area contributed by atoms with Crippen LogP contribution in [0.2, 0.25) is 0 Å². The van der Waals surface area contributed by atoms with Gasteiger partial charge in [-0.25, -0.2) is 0 Å². The van der Waals surface area contributed by atoms with Crippen molar-refractivity contribution in [3.05, 3.63) is 65.7 Å². The Morgan fingerprint density at radius 2 is 1.32 bits per heavy atom. The molecule has 0 aliphatic heterocycles. The third-order valence-corrected chi connectivity index (χ3v) is 6.95. The zero-order valence-corrected chi connectivity index (χ0v) is 24.2. The quantitative estimate of drug-likeness (QED) is 0.0824. The normalized spacial score (nSPS) is 13.2. The minimum Gasteiger partial charge on any atom is -0.455 e. The van der Waals surface area contributed by atoms with E-state index in [1.807, 2.05) is 25.1 Å². The first-order valence-corrected chi connectivity index (χ1v) is 14.6. The highest BCUT2D eigenvalue weighted by molar-refractivity contribution is 5.72. The topological polar surface area (TPSA) is 35.5 Å². The maximum Gasteiger partial charge on any atom is 0.317 e. The lowest BCUT2D eigenvalue weighted by molar-refractivity contribution is -0.905. The van der Waals surface area contributed by atoms with E-state index in [4.69, 9.17) is 9.47 Å². The lowest BCUT2D eigenvalue weighted by Gasteiger charge is -2.32. The van der Waals surface area contributed by atoms with Crippen molar-refractivity contribution in [3.63, 3.8) is 0 Å². The lowest BCUT2D eigenvalue weighted by atomic mass is 10.0. The molecule has 0 aromatic heterocycles. The molecule has 0 spiro atoms. The maximum absolute atomic E-state index is 12.7. The van der Waals surface area contributed by atoms with E-state index in [-0.39, 0.29) is 11.9 Å². The van der Waals surface area contributed by atoms with Crippen LogP contribution in [0.1, 0.15) is 96.1 Å². The highest BCUT2D eigenvalue weighted by Crippen LogP contribution is 2.19. The Labute approximate surface area is 227 Å². The molecule has 2 unspecified atom stereocenters. The van der Waals surface area contributed by atoms with Crippen LogP contribution in [-0.4, -0.2) is 37.4 Å². The van der Waals surface area contributed by atoms with Gasteiger partial charge in [0.2, 0.25) is 6.29 Å². The van der Waals surface area contributed by atoms with Gasteiger partial charge in [0.05, 0.1) is 20.6 Å². The molecular formula is C33H52NO3+. The fourth-order valence-electron chi connectivity index (χ4n) is 5.00. The summed E-state index contributed by atoms with van der Waals surface area (Å²) in [6, 6.07) is 18.6.